The molecule has 0 aromatic heterocycles. The topological polar surface area (TPSA) is 80.5 Å². The van der Waals surface area contributed by atoms with E-state index in [2.05, 4.69) is 0 Å². The first kappa shape index (κ1) is 15.4. The average Bonchev–Trinajstić information content (AvgIpc) is 2.34. The molecule has 0 atom stereocenters. The first-order chi connectivity index (χ1) is 9.69. The zero-order chi connectivity index (χ0) is 15.8. The molecule has 0 spiro atoms. The van der Waals surface area contributed by atoms with Crippen molar-refractivity contribution in [2.24, 2.45) is 5.41 Å². The first-order valence-corrected chi connectivity index (χ1v) is 6.83. The lowest BCUT2D eigenvalue weighted by atomic mass is 9.81. The molecule has 0 bridgehead atoms. The number of halogens is 1. The quantitative estimate of drug-likeness (QED) is 0.488. The van der Waals surface area contributed by atoms with Gasteiger partial charge < -0.3 is 0 Å². The summed E-state index contributed by atoms with van der Waals surface area (Å²) in [5.41, 5.74) is -0.0733. The summed E-state index contributed by atoms with van der Waals surface area (Å²) < 4.78 is 0. The van der Waals surface area contributed by atoms with Gasteiger partial charge in [0, 0.05) is 30.0 Å². The van der Waals surface area contributed by atoms with E-state index >= 15 is 0 Å². The molecule has 0 unspecified atom stereocenters. The summed E-state index contributed by atoms with van der Waals surface area (Å²) >= 11 is 6.00. The first-order valence-electron chi connectivity index (χ1n) is 6.46. The van der Waals surface area contributed by atoms with Gasteiger partial charge in [0.15, 0.2) is 0 Å². The van der Waals surface area contributed by atoms with Crippen LogP contribution in [0.3, 0.4) is 0 Å². The van der Waals surface area contributed by atoms with Crippen LogP contribution in [0.1, 0.15) is 32.3 Å². The number of hydrogen-bond donors (Lipinski definition) is 0. The lowest BCUT2D eigenvalue weighted by Gasteiger charge is -2.34. The standard InChI is InChI=1S/C14H15ClN2O4/c1-14(2)6-12(18)16(13(19)7-14)8-9-5-10(17(20)21)3-4-11(9)15/h3-5H,6-8H2,1-2H3. The van der Waals surface area contributed by atoms with Crippen LogP contribution in [0.15, 0.2) is 18.2 Å². The van der Waals surface area contributed by atoms with Gasteiger partial charge in [-0.25, -0.2) is 0 Å². The number of rotatable bonds is 3. The van der Waals surface area contributed by atoms with Crippen LogP contribution < -0.4 is 0 Å². The Morgan fingerprint density at radius 1 is 1.29 bits per heavy atom. The monoisotopic (exact) mass is 310 g/mol. The largest absolute Gasteiger partial charge is 0.278 e. The smallest absolute Gasteiger partial charge is 0.269 e. The van der Waals surface area contributed by atoms with Crippen molar-refractivity contribution in [2.45, 2.75) is 33.2 Å². The molecular weight excluding hydrogens is 296 g/mol. The number of imide groups is 1. The van der Waals surface area contributed by atoms with Gasteiger partial charge >= 0.3 is 0 Å². The van der Waals surface area contributed by atoms with Gasteiger partial charge in [-0.15, -0.1) is 0 Å². The van der Waals surface area contributed by atoms with Crippen molar-refractivity contribution in [3.8, 4) is 0 Å². The zero-order valence-electron chi connectivity index (χ0n) is 11.8. The van der Waals surface area contributed by atoms with Crippen molar-refractivity contribution < 1.29 is 14.5 Å². The summed E-state index contributed by atoms with van der Waals surface area (Å²) in [7, 11) is 0. The van der Waals surface area contributed by atoms with E-state index in [9.17, 15) is 19.7 Å². The Balaban J connectivity index is 2.26. The Labute approximate surface area is 126 Å². The van der Waals surface area contributed by atoms with Gasteiger partial charge in [0.1, 0.15) is 0 Å². The van der Waals surface area contributed by atoms with Crippen molar-refractivity contribution >= 4 is 29.1 Å². The second-order valence-corrected chi connectivity index (χ2v) is 6.33. The van der Waals surface area contributed by atoms with Crippen LogP contribution in [-0.4, -0.2) is 21.6 Å². The van der Waals surface area contributed by atoms with Gasteiger partial charge in [-0.1, -0.05) is 25.4 Å². The second kappa shape index (κ2) is 5.44. The van der Waals surface area contributed by atoms with Crippen LogP contribution in [0.2, 0.25) is 5.02 Å². The van der Waals surface area contributed by atoms with Crippen molar-refractivity contribution in [1.82, 2.24) is 4.90 Å². The lowest BCUT2D eigenvalue weighted by Crippen LogP contribution is -2.45. The summed E-state index contributed by atoms with van der Waals surface area (Å²) in [6, 6.07) is 3.98. The molecule has 21 heavy (non-hydrogen) atoms. The predicted molar refractivity (Wildman–Crippen MR) is 76.7 cm³/mol. The Kier molecular flexibility index (Phi) is 4.00. The number of carbonyl (C=O) groups is 2. The van der Waals surface area contributed by atoms with Crippen molar-refractivity contribution in [3.05, 3.63) is 38.9 Å². The third-order valence-corrected chi connectivity index (χ3v) is 3.80. The molecule has 6 nitrogen and oxygen atoms in total. The number of carbonyl (C=O) groups excluding carboxylic acids is 2. The highest BCUT2D eigenvalue weighted by atomic mass is 35.5. The maximum Gasteiger partial charge on any atom is 0.269 e. The molecule has 1 aliphatic rings. The van der Waals surface area contributed by atoms with Crippen LogP contribution >= 0.6 is 11.6 Å². The maximum atomic E-state index is 12.1. The molecule has 0 aliphatic carbocycles. The molecule has 2 amide bonds. The third-order valence-electron chi connectivity index (χ3n) is 3.43. The molecule has 0 N–H and O–H groups in total. The number of non-ortho nitro benzene ring substituents is 1. The van der Waals surface area contributed by atoms with Crippen molar-refractivity contribution in [1.29, 1.82) is 0 Å². The predicted octanol–water partition coefficient (Wildman–Crippen LogP) is 2.92. The number of nitro groups is 1. The summed E-state index contributed by atoms with van der Waals surface area (Å²) in [6.45, 7) is 3.69. The molecule has 1 fully saturated rings. The molecule has 7 heteroatoms. The lowest BCUT2D eigenvalue weighted by molar-refractivity contribution is -0.384. The minimum Gasteiger partial charge on any atom is -0.278 e. The summed E-state index contributed by atoms with van der Waals surface area (Å²) in [5, 5.41) is 11.1. The maximum absolute atomic E-state index is 12.1. The molecular formula is C14H15ClN2O4. The average molecular weight is 311 g/mol. The Bertz CT molecular complexity index is 607. The minimum atomic E-state index is -0.539. The molecule has 1 saturated heterocycles. The zero-order valence-corrected chi connectivity index (χ0v) is 12.5. The van der Waals surface area contributed by atoms with Crippen LogP contribution in [0.4, 0.5) is 5.69 Å². The molecule has 1 aromatic carbocycles. The van der Waals surface area contributed by atoms with Gasteiger partial charge in [0.2, 0.25) is 11.8 Å². The van der Waals surface area contributed by atoms with E-state index in [-0.39, 0.29) is 42.3 Å². The number of amides is 2. The number of nitro benzene ring substituents is 1. The fourth-order valence-electron chi connectivity index (χ4n) is 2.35. The molecule has 112 valence electrons. The molecule has 2 rings (SSSR count). The highest BCUT2D eigenvalue weighted by molar-refractivity contribution is 6.31. The molecule has 0 saturated carbocycles. The van der Waals surface area contributed by atoms with E-state index < -0.39 is 4.92 Å². The molecule has 1 heterocycles. The van der Waals surface area contributed by atoms with Crippen LogP contribution in [0.25, 0.3) is 0 Å². The molecule has 0 radical (unpaired) electrons. The normalized spacial score (nSPS) is 18.0. The molecule has 1 aliphatic heterocycles. The minimum absolute atomic E-state index is 0.0335. The fourth-order valence-corrected chi connectivity index (χ4v) is 2.53. The number of likely N-dealkylation sites (tertiary alicyclic amines) is 1. The van der Waals surface area contributed by atoms with Crippen LogP contribution in [0, 0.1) is 15.5 Å². The van der Waals surface area contributed by atoms with Gasteiger partial charge in [-0.2, -0.15) is 0 Å². The Morgan fingerprint density at radius 2 is 1.86 bits per heavy atom. The van der Waals surface area contributed by atoms with Gasteiger partial charge in [-0.3, -0.25) is 24.6 Å². The van der Waals surface area contributed by atoms with Gasteiger partial charge in [-0.05, 0) is 17.0 Å². The number of nitrogens with zero attached hydrogens (tertiary/aromatic N) is 2. The second-order valence-electron chi connectivity index (χ2n) is 5.92. The highest BCUT2D eigenvalue weighted by Crippen LogP contribution is 2.33. The van der Waals surface area contributed by atoms with Crippen molar-refractivity contribution in [2.75, 3.05) is 0 Å². The van der Waals surface area contributed by atoms with E-state index in [4.69, 9.17) is 11.6 Å². The Morgan fingerprint density at radius 3 is 2.38 bits per heavy atom. The summed E-state index contributed by atoms with van der Waals surface area (Å²) in [6.07, 6.45) is 0.538. The van der Waals surface area contributed by atoms with Crippen LogP contribution in [-0.2, 0) is 16.1 Å². The third kappa shape index (κ3) is 3.39. The number of piperidine rings is 1. The molecule has 1 aromatic rings. The van der Waals surface area contributed by atoms with Crippen LogP contribution in [0.5, 0.6) is 0 Å². The van der Waals surface area contributed by atoms with Crippen molar-refractivity contribution in [3.63, 3.8) is 0 Å². The fraction of sp³-hybridized carbons (Fsp3) is 0.429. The van der Waals surface area contributed by atoms with E-state index in [1.807, 2.05) is 13.8 Å². The van der Waals surface area contributed by atoms with Gasteiger partial charge in [0.05, 0.1) is 11.5 Å². The summed E-state index contributed by atoms with van der Waals surface area (Å²) in [4.78, 5) is 35.5. The summed E-state index contributed by atoms with van der Waals surface area (Å²) in [5.74, 6) is -0.558. The number of hydrogen-bond acceptors (Lipinski definition) is 4. The van der Waals surface area contributed by atoms with E-state index in [0.29, 0.717) is 10.6 Å². The number of benzene rings is 1. The van der Waals surface area contributed by atoms with E-state index in [1.54, 1.807) is 0 Å². The SMILES string of the molecule is CC1(C)CC(=O)N(Cc2cc([N+](=O)[O-])ccc2Cl)C(=O)C1. The van der Waals surface area contributed by atoms with E-state index in [0.717, 1.165) is 4.90 Å². The Hall–Kier alpha value is -1.95. The highest BCUT2D eigenvalue weighted by Gasteiger charge is 2.37. The van der Waals surface area contributed by atoms with E-state index in [1.165, 1.54) is 18.2 Å². The van der Waals surface area contributed by atoms with Gasteiger partial charge in [0.25, 0.3) is 5.69 Å².